The van der Waals surface area contributed by atoms with Crippen LogP contribution < -0.4 is 5.32 Å². The van der Waals surface area contributed by atoms with Crippen molar-refractivity contribution in [2.75, 3.05) is 19.6 Å². The van der Waals surface area contributed by atoms with Crippen molar-refractivity contribution in [3.8, 4) is 0 Å². The topological polar surface area (TPSA) is 54.5 Å². The molecule has 110 valence electrons. The standard InChI is InChI=1S/C15H23N3O2/c1-15(2,3)20-14(19)18-9-8-17-13(11-18)10-12-6-4-5-7-16-12/h4-7,13,17H,8-11H2,1-3H3/t13-/m1/s1. The molecular weight excluding hydrogens is 254 g/mol. The van der Waals surface area contributed by atoms with Gasteiger partial charge in [-0.1, -0.05) is 6.07 Å². The molecule has 1 aliphatic rings. The Bertz CT molecular complexity index is 442. The minimum Gasteiger partial charge on any atom is -0.444 e. The first kappa shape index (κ1) is 14.8. The van der Waals surface area contributed by atoms with Crippen LogP contribution in [-0.2, 0) is 11.2 Å². The molecule has 0 spiro atoms. The van der Waals surface area contributed by atoms with E-state index in [1.54, 1.807) is 11.1 Å². The van der Waals surface area contributed by atoms with Crippen LogP contribution in [0.15, 0.2) is 24.4 Å². The number of amides is 1. The highest BCUT2D eigenvalue weighted by atomic mass is 16.6. The van der Waals surface area contributed by atoms with Crippen LogP contribution in [0.3, 0.4) is 0 Å². The number of rotatable bonds is 2. The monoisotopic (exact) mass is 277 g/mol. The maximum absolute atomic E-state index is 12.1. The summed E-state index contributed by atoms with van der Waals surface area (Å²) in [7, 11) is 0. The van der Waals surface area contributed by atoms with E-state index < -0.39 is 5.60 Å². The maximum Gasteiger partial charge on any atom is 0.410 e. The van der Waals surface area contributed by atoms with Crippen LogP contribution in [0.1, 0.15) is 26.5 Å². The summed E-state index contributed by atoms with van der Waals surface area (Å²) in [6.45, 7) is 7.80. The molecule has 20 heavy (non-hydrogen) atoms. The maximum atomic E-state index is 12.1. The number of aromatic nitrogens is 1. The van der Waals surface area contributed by atoms with Gasteiger partial charge in [0, 0.05) is 44.0 Å². The second-order valence-electron chi connectivity index (χ2n) is 6.10. The molecule has 0 aliphatic carbocycles. The van der Waals surface area contributed by atoms with Crippen molar-refractivity contribution in [2.24, 2.45) is 0 Å². The Morgan fingerprint density at radius 1 is 1.50 bits per heavy atom. The van der Waals surface area contributed by atoms with Crippen LogP contribution in [0.5, 0.6) is 0 Å². The van der Waals surface area contributed by atoms with Crippen molar-refractivity contribution < 1.29 is 9.53 Å². The number of carbonyl (C=O) groups is 1. The molecule has 0 bridgehead atoms. The summed E-state index contributed by atoms with van der Waals surface area (Å²) < 4.78 is 5.42. The Hall–Kier alpha value is -1.62. The summed E-state index contributed by atoms with van der Waals surface area (Å²) in [6, 6.07) is 6.13. The van der Waals surface area contributed by atoms with Crippen LogP contribution in [0.2, 0.25) is 0 Å². The van der Waals surface area contributed by atoms with Gasteiger partial charge in [-0.05, 0) is 32.9 Å². The van der Waals surface area contributed by atoms with Crippen LogP contribution in [0.4, 0.5) is 4.79 Å². The molecule has 1 aromatic rings. The summed E-state index contributed by atoms with van der Waals surface area (Å²) in [6.07, 6.45) is 2.38. The number of hydrogen-bond donors (Lipinski definition) is 1. The lowest BCUT2D eigenvalue weighted by Gasteiger charge is -2.34. The fourth-order valence-corrected chi connectivity index (χ4v) is 2.23. The van der Waals surface area contributed by atoms with Crippen molar-refractivity contribution in [2.45, 2.75) is 38.8 Å². The molecule has 0 unspecified atom stereocenters. The molecule has 0 saturated carbocycles. The van der Waals surface area contributed by atoms with Gasteiger partial charge in [0.1, 0.15) is 5.60 Å². The van der Waals surface area contributed by atoms with Crippen LogP contribution in [0.25, 0.3) is 0 Å². The molecule has 1 aromatic heterocycles. The number of carbonyl (C=O) groups excluding carboxylic acids is 1. The van der Waals surface area contributed by atoms with Gasteiger partial charge in [-0.25, -0.2) is 4.79 Å². The zero-order valence-corrected chi connectivity index (χ0v) is 12.4. The van der Waals surface area contributed by atoms with E-state index >= 15 is 0 Å². The molecule has 1 aliphatic heterocycles. The number of piperazine rings is 1. The fourth-order valence-electron chi connectivity index (χ4n) is 2.23. The lowest BCUT2D eigenvalue weighted by atomic mass is 10.1. The second kappa shape index (κ2) is 6.22. The zero-order valence-electron chi connectivity index (χ0n) is 12.4. The third-order valence-corrected chi connectivity index (χ3v) is 3.09. The quantitative estimate of drug-likeness (QED) is 0.896. The normalized spacial score (nSPS) is 19.8. The van der Waals surface area contributed by atoms with Gasteiger partial charge in [-0.3, -0.25) is 4.98 Å². The first-order valence-corrected chi connectivity index (χ1v) is 7.05. The van der Waals surface area contributed by atoms with Crippen LogP contribution in [0, 0.1) is 0 Å². The minimum atomic E-state index is -0.446. The van der Waals surface area contributed by atoms with Gasteiger partial charge >= 0.3 is 6.09 Å². The van der Waals surface area contributed by atoms with E-state index in [1.807, 2.05) is 39.0 Å². The second-order valence-corrected chi connectivity index (χ2v) is 6.10. The average Bonchev–Trinajstić information content (AvgIpc) is 2.38. The summed E-state index contributed by atoms with van der Waals surface area (Å²) in [5, 5.41) is 3.43. The lowest BCUT2D eigenvalue weighted by molar-refractivity contribution is 0.0195. The number of pyridine rings is 1. The molecule has 2 heterocycles. The van der Waals surface area contributed by atoms with Gasteiger partial charge in [0.25, 0.3) is 0 Å². The summed E-state index contributed by atoms with van der Waals surface area (Å²) in [4.78, 5) is 18.2. The van der Waals surface area contributed by atoms with E-state index in [0.717, 1.165) is 18.7 Å². The first-order chi connectivity index (χ1) is 9.44. The van der Waals surface area contributed by atoms with Crippen LogP contribution >= 0.6 is 0 Å². The number of ether oxygens (including phenoxy) is 1. The van der Waals surface area contributed by atoms with Gasteiger partial charge in [-0.2, -0.15) is 0 Å². The smallest absolute Gasteiger partial charge is 0.410 e. The van der Waals surface area contributed by atoms with E-state index in [2.05, 4.69) is 10.3 Å². The third kappa shape index (κ3) is 4.49. The minimum absolute atomic E-state index is 0.228. The molecule has 1 fully saturated rings. The molecule has 0 radical (unpaired) electrons. The fraction of sp³-hybridized carbons (Fsp3) is 0.600. The van der Waals surface area contributed by atoms with E-state index in [9.17, 15) is 4.79 Å². The summed E-state index contributed by atoms with van der Waals surface area (Å²) in [5.74, 6) is 0. The molecule has 0 aromatic carbocycles. The molecule has 1 N–H and O–H groups in total. The largest absolute Gasteiger partial charge is 0.444 e. The van der Waals surface area contributed by atoms with E-state index in [4.69, 9.17) is 4.74 Å². The van der Waals surface area contributed by atoms with Crippen molar-refractivity contribution >= 4 is 6.09 Å². The lowest BCUT2D eigenvalue weighted by Crippen LogP contribution is -2.54. The van der Waals surface area contributed by atoms with E-state index in [0.29, 0.717) is 13.1 Å². The SMILES string of the molecule is CC(C)(C)OC(=O)N1CCN[C@H](Cc2ccccn2)C1. The molecule has 2 rings (SSSR count). The zero-order chi connectivity index (χ0) is 14.6. The van der Waals surface area contributed by atoms with E-state index in [-0.39, 0.29) is 12.1 Å². The molecule has 5 heteroatoms. The predicted molar refractivity (Wildman–Crippen MR) is 77.5 cm³/mol. The third-order valence-electron chi connectivity index (χ3n) is 3.09. The van der Waals surface area contributed by atoms with Gasteiger partial charge < -0.3 is 15.0 Å². The summed E-state index contributed by atoms with van der Waals surface area (Å²) >= 11 is 0. The Morgan fingerprint density at radius 2 is 2.30 bits per heavy atom. The molecule has 1 saturated heterocycles. The molecule has 1 amide bonds. The van der Waals surface area contributed by atoms with E-state index in [1.165, 1.54) is 0 Å². The van der Waals surface area contributed by atoms with Crippen LogP contribution in [-0.4, -0.2) is 47.3 Å². The summed E-state index contributed by atoms with van der Waals surface area (Å²) in [5.41, 5.74) is 0.592. The Kier molecular flexibility index (Phi) is 4.60. The van der Waals surface area contributed by atoms with Gasteiger partial charge in [0.15, 0.2) is 0 Å². The Labute approximate surface area is 120 Å². The highest BCUT2D eigenvalue weighted by Gasteiger charge is 2.27. The molecule has 1 atom stereocenters. The van der Waals surface area contributed by atoms with Gasteiger partial charge in [0.05, 0.1) is 0 Å². The Morgan fingerprint density at radius 3 is 2.95 bits per heavy atom. The van der Waals surface area contributed by atoms with Gasteiger partial charge in [-0.15, -0.1) is 0 Å². The molecule has 5 nitrogen and oxygen atoms in total. The molecular formula is C15H23N3O2. The van der Waals surface area contributed by atoms with Gasteiger partial charge in [0.2, 0.25) is 0 Å². The highest BCUT2D eigenvalue weighted by molar-refractivity contribution is 5.68. The highest BCUT2D eigenvalue weighted by Crippen LogP contribution is 2.12. The van der Waals surface area contributed by atoms with Crippen molar-refractivity contribution in [3.05, 3.63) is 30.1 Å². The predicted octanol–water partition coefficient (Wildman–Crippen LogP) is 1.83. The number of nitrogens with one attached hydrogen (secondary N) is 1. The van der Waals surface area contributed by atoms with Crippen molar-refractivity contribution in [3.63, 3.8) is 0 Å². The Balaban J connectivity index is 1.90. The number of nitrogens with zero attached hydrogens (tertiary/aromatic N) is 2. The average molecular weight is 277 g/mol. The van der Waals surface area contributed by atoms with Crippen molar-refractivity contribution in [1.29, 1.82) is 0 Å². The number of hydrogen-bond acceptors (Lipinski definition) is 4. The first-order valence-electron chi connectivity index (χ1n) is 7.05. The van der Waals surface area contributed by atoms with Crippen molar-refractivity contribution in [1.82, 2.24) is 15.2 Å².